The number of anilines is 1. The van der Waals surface area contributed by atoms with Crippen molar-refractivity contribution in [3.63, 3.8) is 0 Å². The van der Waals surface area contributed by atoms with E-state index < -0.39 is 11.1 Å². The molecule has 0 aromatic heterocycles. The Balaban J connectivity index is 2.18. The maximum Gasteiger partial charge on any atom is 0.513 e. The molecule has 0 aliphatic carbocycles. The summed E-state index contributed by atoms with van der Waals surface area (Å²) in [6.45, 7) is 5.16. The van der Waals surface area contributed by atoms with E-state index in [0.717, 1.165) is 13.1 Å². The fourth-order valence-corrected chi connectivity index (χ4v) is 2.33. The number of hydrogen-bond donors (Lipinski definition) is 0. The maximum atomic E-state index is 11.5. The van der Waals surface area contributed by atoms with Crippen LogP contribution < -0.4 is 9.64 Å². The molecule has 0 bridgehead atoms. The average molecular weight is 323 g/mol. The van der Waals surface area contributed by atoms with Crippen molar-refractivity contribution in [2.24, 2.45) is 0 Å². The minimum absolute atomic E-state index is 0.00354. The van der Waals surface area contributed by atoms with Crippen LogP contribution in [0.2, 0.25) is 0 Å². The molecule has 1 aromatic rings. The van der Waals surface area contributed by atoms with Gasteiger partial charge in [-0.05, 0) is 19.5 Å². The summed E-state index contributed by atoms with van der Waals surface area (Å²) in [6, 6.07) is 4.29. The highest BCUT2D eigenvalue weighted by Crippen LogP contribution is 2.32. The summed E-state index contributed by atoms with van der Waals surface area (Å²) in [5.41, 5.74) is 0.465. The number of likely N-dealkylation sites (N-methyl/N-ethyl adjacent to an activating group) is 1. The summed E-state index contributed by atoms with van der Waals surface area (Å²) >= 11 is 0. The lowest BCUT2D eigenvalue weighted by Gasteiger charge is -2.33. The van der Waals surface area contributed by atoms with Gasteiger partial charge in [0.1, 0.15) is 11.4 Å². The minimum atomic E-state index is -0.801. The Hall–Kier alpha value is -2.35. The third-order valence-corrected chi connectivity index (χ3v) is 3.61. The van der Waals surface area contributed by atoms with Crippen LogP contribution >= 0.6 is 0 Å². The number of nitrogens with zero attached hydrogens (tertiary/aromatic N) is 3. The van der Waals surface area contributed by atoms with Gasteiger partial charge in [0.15, 0.2) is 0 Å². The van der Waals surface area contributed by atoms with E-state index in [2.05, 4.69) is 4.90 Å². The molecule has 8 heteroatoms. The molecular weight excluding hydrogens is 302 g/mol. The van der Waals surface area contributed by atoms with Gasteiger partial charge in [-0.3, -0.25) is 10.1 Å². The lowest BCUT2D eigenvalue weighted by Crippen LogP contribution is -2.44. The first kappa shape index (κ1) is 17.0. The normalized spacial score (nSPS) is 15.3. The molecule has 0 atom stereocenters. The summed E-state index contributed by atoms with van der Waals surface area (Å²) < 4.78 is 9.94. The molecule has 2 rings (SSSR count). The van der Waals surface area contributed by atoms with Crippen LogP contribution in [-0.2, 0) is 4.74 Å². The van der Waals surface area contributed by atoms with Crippen molar-refractivity contribution in [2.75, 3.05) is 44.7 Å². The Bertz CT molecular complexity index is 570. The van der Waals surface area contributed by atoms with Crippen molar-refractivity contribution in [1.29, 1.82) is 0 Å². The summed E-state index contributed by atoms with van der Waals surface area (Å²) in [4.78, 5) is 26.4. The molecule has 8 nitrogen and oxygen atoms in total. The molecule has 1 saturated heterocycles. The van der Waals surface area contributed by atoms with E-state index in [1.807, 2.05) is 18.9 Å². The summed E-state index contributed by atoms with van der Waals surface area (Å²) in [7, 11) is 2.01. The highest BCUT2D eigenvalue weighted by atomic mass is 16.7. The van der Waals surface area contributed by atoms with E-state index in [1.165, 1.54) is 18.2 Å². The largest absolute Gasteiger partial charge is 0.513 e. The van der Waals surface area contributed by atoms with E-state index in [9.17, 15) is 14.9 Å². The Morgan fingerprint density at radius 1 is 1.30 bits per heavy atom. The van der Waals surface area contributed by atoms with Crippen molar-refractivity contribution in [3.05, 3.63) is 28.3 Å². The second kappa shape index (κ2) is 7.77. The Morgan fingerprint density at radius 2 is 2.00 bits per heavy atom. The second-order valence-corrected chi connectivity index (χ2v) is 5.40. The Morgan fingerprint density at radius 3 is 2.61 bits per heavy atom. The molecule has 0 N–H and O–H groups in total. The smallest absolute Gasteiger partial charge is 0.434 e. The molecule has 1 aliphatic rings. The molecule has 0 radical (unpaired) electrons. The van der Waals surface area contributed by atoms with Gasteiger partial charge in [-0.1, -0.05) is 6.92 Å². The molecule has 1 aromatic carbocycles. The predicted octanol–water partition coefficient (Wildman–Crippen LogP) is 2.27. The maximum absolute atomic E-state index is 11.5. The van der Waals surface area contributed by atoms with E-state index in [0.29, 0.717) is 25.2 Å². The SMILES string of the molecule is CCCOC(=O)Oc1ccc([N+](=O)[O-])c(N2CCN(C)CC2)c1. The van der Waals surface area contributed by atoms with E-state index in [1.54, 1.807) is 0 Å². The number of nitro benzene ring substituents is 1. The molecular formula is C15H21N3O5. The summed E-state index contributed by atoms with van der Waals surface area (Å²) in [6.07, 6.45) is -0.105. The second-order valence-electron chi connectivity index (χ2n) is 5.40. The average Bonchev–Trinajstić information content (AvgIpc) is 2.53. The first-order valence-corrected chi connectivity index (χ1v) is 7.57. The van der Waals surface area contributed by atoms with Gasteiger partial charge < -0.3 is 19.3 Å². The molecule has 1 aliphatic heterocycles. The predicted molar refractivity (Wildman–Crippen MR) is 85.1 cm³/mol. The number of carbonyl (C=O) groups is 1. The number of hydrogen-bond acceptors (Lipinski definition) is 7. The first-order chi connectivity index (χ1) is 11.0. The fourth-order valence-electron chi connectivity index (χ4n) is 2.33. The zero-order valence-electron chi connectivity index (χ0n) is 13.4. The van der Waals surface area contributed by atoms with Gasteiger partial charge in [-0.15, -0.1) is 0 Å². The highest BCUT2D eigenvalue weighted by Gasteiger charge is 2.23. The van der Waals surface area contributed by atoms with Crippen LogP contribution in [0.25, 0.3) is 0 Å². The molecule has 126 valence electrons. The van der Waals surface area contributed by atoms with Crippen LogP contribution in [0.5, 0.6) is 5.75 Å². The lowest BCUT2D eigenvalue weighted by molar-refractivity contribution is -0.384. The van der Waals surface area contributed by atoms with Gasteiger partial charge in [-0.2, -0.15) is 0 Å². The van der Waals surface area contributed by atoms with Crippen molar-refractivity contribution in [3.8, 4) is 5.75 Å². The van der Waals surface area contributed by atoms with Crippen molar-refractivity contribution in [1.82, 2.24) is 4.90 Å². The zero-order chi connectivity index (χ0) is 16.8. The van der Waals surface area contributed by atoms with E-state index in [-0.39, 0.29) is 18.0 Å². The quantitative estimate of drug-likeness (QED) is 0.355. The number of ether oxygens (including phenoxy) is 2. The number of nitro groups is 1. The first-order valence-electron chi connectivity index (χ1n) is 7.57. The molecule has 0 saturated carbocycles. The van der Waals surface area contributed by atoms with Gasteiger partial charge in [0, 0.05) is 38.3 Å². The summed E-state index contributed by atoms with van der Waals surface area (Å²) in [5, 5.41) is 11.2. The molecule has 1 heterocycles. The number of piperazine rings is 1. The van der Waals surface area contributed by atoms with E-state index >= 15 is 0 Å². The van der Waals surface area contributed by atoms with Crippen LogP contribution in [-0.4, -0.2) is 55.8 Å². The number of carbonyl (C=O) groups excluding carboxylic acids is 1. The zero-order valence-corrected chi connectivity index (χ0v) is 13.4. The van der Waals surface area contributed by atoms with Gasteiger partial charge >= 0.3 is 6.16 Å². The van der Waals surface area contributed by atoms with Crippen molar-refractivity contribution < 1.29 is 19.2 Å². The van der Waals surface area contributed by atoms with Crippen LogP contribution in [0.3, 0.4) is 0 Å². The van der Waals surface area contributed by atoms with Crippen LogP contribution in [0.1, 0.15) is 13.3 Å². The van der Waals surface area contributed by atoms with Crippen LogP contribution in [0, 0.1) is 10.1 Å². The van der Waals surface area contributed by atoms with E-state index in [4.69, 9.17) is 9.47 Å². The van der Waals surface area contributed by atoms with Gasteiger partial charge in [-0.25, -0.2) is 4.79 Å². The molecule has 1 fully saturated rings. The van der Waals surface area contributed by atoms with Gasteiger partial charge in [0.05, 0.1) is 11.5 Å². The monoisotopic (exact) mass is 323 g/mol. The third-order valence-electron chi connectivity index (χ3n) is 3.61. The van der Waals surface area contributed by atoms with Crippen molar-refractivity contribution in [2.45, 2.75) is 13.3 Å². The highest BCUT2D eigenvalue weighted by molar-refractivity contribution is 5.69. The fraction of sp³-hybridized carbons (Fsp3) is 0.533. The lowest BCUT2D eigenvalue weighted by atomic mass is 10.2. The van der Waals surface area contributed by atoms with Gasteiger partial charge in [0.2, 0.25) is 0 Å². The topological polar surface area (TPSA) is 85.1 Å². The summed E-state index contributed by atoms with van der Waals surface area (Å²) in [5.74, 6) is 0.241. The third kappa shape index (κ3) is 4.56. The molecule has 0 unspecified atom stereocenters. The minimum Gasteiger partial charge on any atom is -0.434 e. The Labute approximate surface area is 134 Å². The molecule has 0 spiro atoms. The molecule has 23 heavy (non-hydrogen) atoms. The number of rotatable bonds is 5. The standard InChI is InChI=1S/C15H21N3O5/c1-3-10-22-15(19)23-12-4-5-13(18(20)21)14(11-12)17-8-6-16(2)7-9-17/h4-5,11H,3,6-10H2,1-2H3. The Kier molecular flexibility index (Phi) is 5.75. The van der Waals surface area contributed by atoms with Gasteiger partial charge in [0.25, 0.3) is 5.69 Å². The van der Waals surface area contributed by atoms with Crippen LogP contribution in [0.15, 0.2) is 18.2 Å². The molecule has 0 amide bonds. The van der Waals surface area contributed by atoms with Crippen LogP contribution in [0.4, 0.5) is 16.2 Å². The van der Waals surface area contributed by atoms with Crippen molar-refractivity contribution >= 4 is 17.5 Å². The number of benzene rings is 1.